The molecule has 1 N–H and O–H groups in total. The topological polar surface area (TPSA) is 29.5 Å². The third kappa shape index (κ3) is 1.75. The predicted octanol–water partition coefficient (Wildman–Crippen LogP) is 3.34. The molecule has 0 unspecified atom stereocenters. The molecule has 19 heavy (non-hydrogen) atoms. The van der Waals surface area contributed by atoms with Gasteiger partial charge in [0.15, 0.2) is 5.60 Å². The van der Waals surface area contributed by atoms with Gasteiger partial charge in [-0.1, -0.05) is 62.4 Å². The molecule has 3 rings (SSSR count). The second kappa shape index (κ2) is 4.39. The number of aliphatic hydroxyl groups is 1. The lowest BCUT2D eigenvalue weighted by molar-refractivity contribution is -0.0285. The molecule has 0 saturated carbocycles. The number of ether oxygens (including phenoxy) is 1. The van der Waals surface area contributed by atoms with Gasteiger partial charge in [-0.05, 0) is 17.5 Å². The lowest BCUT2D eigenvalue weighted by Crippen LogP contribution is -2.42. The highest BCUT2D eigenvalue weighted by Gasteiger charge is 2.50. The second-order valence-corrected chi connectivity index (χ2v) is 5.41. The quantitative estimate of drug-likeness (QED) is 0.890. The average molecular weight is 254 g/mol. The lowest BCUT2D eigenvalue weighted by Gasteiger charge is -2.32. The van der Waals surface area contributed by atoms with E-state index in [2.05, 4.69) is 13.8 Å². The smallest absolute Gasteiger partial charge is 0.155 e. The Morgan fingerprint density at radius 1 is 1.00 bits per heavy atom. The molecule has 0 fully saturated rings. The van der Waals surface area contributed by atoms with Crippen LogP contribution in [0, 0.1) is 5.92 Å². The fourth-order valence-electron chi connectivity index (χ4n) is 2.89. The van der Waals surface area contributed by atoms with Crippen molar-refractivity contribution < 1.29 is 9.84 Å². The Bertz CT molecular complexity index is 577. The van der Waals surface area contributed by atoms with Gasteiger partial charge >= 0.3 is 0 Å². The molecule has 0 spiro atoms. The van der Waals surface area contributed by atoms with Crippen LogP contribution < -0.4 is 4.74 Å². The largest absolute Gasteiger partial charge is 0.486 e. The summed E-state index contributed by atoms with van der Waals surface area (Å²) in [6, 6.07) is 17.5. The number of para-hydroxylation sites is 1. The van der Waals surface area contributed by atoms with Crippen molar-refractivity contribution in [1.29, 1.82) is 0 Å². The fraction of sp³-hybridized carbons (Fsp3) is 0.294. The summed E-state index contributed by atoms with van der Waals surface area (Å²) in [5, 5.41) is 11.3. The SMILES string of the molecule is CC(C)[C@@H]1Oc2ccccc2[C@@]1(O)c1ccccc1. The van der Waals surface area contributed by atoms with Crippen LogP contribution in [-0.4, -0.2) is 11.2 Å². The molecule has 0 radical (unpaired) electrons. The summed E-state index contributed by atoms with van der Waals surface area (Å²) in [6.07, 6.45) is -0.257. The zero-order chi connectivity index (χ0) is 13.5. The van der Waals surface area contributed by atoms with Gasteiger partial charge in [0, 0.05) is 5.56 Å². The summed E-state index contributed by atoms with van der Waals surface area (Å²) in [5.41, 5.74) is 0.685. The Labute approximate surface area is 113 Å². The van der Waals surface area contributed by atoms with Crippen molar-refractivity contribution in [3.63, 3.8) is 0 Å². The number of benzene rings is 2. The van der Waals surface area contributed by atoms with Crippen LogP contribution in [0.25, 0.3) is 0 Å². The third-order valence-corrected chi connectivity index (χ3v) is 3.78. The average Bonchev–Trinajstić information content (AvgIpc) is 2.75. The van der Waals surface area contributed by atoms with E-state index in [4.69, 9.17) is 4.74 Å². The Morgan fingerprint density at radius 2 is 1.63 bits per heavy atom. The summed E-state index contributed by atoms with van der Waals surface area (Å²) < 4.78 is 5.99. The van der Waals surface area contributed by atoms with E-state index in [9.17, 15) is 5.11 Å². The number of fused-ring (bicyclic) bond motifs is 1. The van der Waals surface area contributed by atoms with Crippen LogP contribution in [-0.2, 0) is 5.60 Å². The van der Waals surface area contributed by atoms with Crippen molar-refractivity contribution in [3.05, 3.63) is 65.7 Å². The van der Waals surface area contributed by atoms with Crippen LogP contribution in [0.2, 0.25) is 0 Å². The second-order valence-electron chi connectivity index (χ2n) is 5.41. The van der Waals surface area contributed by atoms with Crippen LogP contribution in [0.5, 0.6) is 5.75 Å². The Hall–Kier alpha value is -1.80. The van der Waals surface area contributed by atoms with Gasteiger partial charge < -0.3 is 9.84 Å². The van der Waals surface area contributed by atoms with Gasteiger partial charge in [0.2, 0.25) is 0 Å². The van der Waals surface area contributed by atoms with Crippen molar-refractivity contribution in [1.82, 2.24) is 0 Å². The van der Waals surface area contributed by atoms with E-state index in [0.717, 1.165) is 16.9 Å². The monoisotopic (exact) mass is 254 g/mol. The van der Waals surface area contributed by atoms with Gasteiger partial charge in [0.25, 0.3) is 0 Å². The summed E-state index contributed by atoms with van der Waals surface area (Å²) in [5.74, 6) is 1.00. The van der Waals surface area contributed by atoms with Crippen molar-refractivity contribution in [2.75, 3.05) is 0 Å². The minimum atomic E-state index is -1.06. The molecule has 0 aromatic heterocycles. The molecule has 1 heterocycles. The van der Waals surface area contributed by atoms with Gasteiger partial charge in [-0.3, -0.25) is 0 Å². The lowest BCUT2D eigenvalue weighted by atomic mass is 9.79. The molecule has 2 heteroatoms. The van der Waals surface area contributed by atoms with E-state index >= 15 is 0 Å². The van der Waals surface area contributed by atoms with Gasteiger partial charge in [0.1, 0.15) is 11.9 Å². The maximum atomic E-state index is 11.3. The van der Waals surface area contributed by atoms with Gasteiger partial charge in [-0.15, -0.1) is 0 Å². The molecule has 1 aliphatic heterocycles. The molecule has 0 bridgehead atoms. The number of hydrogen-bond acceptors (Lipinski definition) is 2. The van der Waals surface area contributed by atoms with Crippen LogP contribution >= 0.6 is 0 Å². The molecule has 2 aromatic carbocycles. The first kappa shape index (κ1) is 12.2. The highest BCUT2D eigenvalue weighted by Crippen LogP contribution is 2.47. The van der Waals surface area contributed by atoms with Crippen molar-refractivity contribution in [3.8, 4) is 5.75 Å². The molecule has 0 amide bonds. The Morgan fingerprint density at radius 3 is 2.32 bits per heavy atom. The molecule has 2 nitrogen and oxygen atoms in total. The van der Waals surface area contributed by atoms with Crippen molar-refractivity contribution in [2.45, 2.75) is 25.6 Å². The van der Waals surface area contributed by atoms with E-state index < -0.39 is 5.60 Å². The molecule has 98 valence electrons. The van der Waals surface area contributed by atoms with Gasteiger partial charge in [-0.2, -0.15) is 0 Å². The highest BCUT2D eigenvalue weighted by atomic mass is 16.5. The first-order chi connectivity index (χ1) is 9.14. The van der Waals surface area contributed by atoms with Crippen LogP contribution in [0.1, 0.15) is 25.0 Å². The van der Waals surface area contributed by atoms with E-state index in [-0.39, 0.29) is 12.0 Å². The predicted molar refractivity (Wildman–Crippen MR) is 75.1 cm³/mol. The van der Waals surface area contributed by atoms with Gasteiger partial charge in [-0.25, -0.2) is 0 Å². The molecule has 1 aliphatic rings. The standard InChI is InChI=1S/C17H18O2/c1-12(2)16-17(18,13-8-4-3-5-9-13)14-10-6-7-11-15(14)19-16/h3-12,16,18H,1-2H3/t16-,17-/m0/s1. The Balaban J connectivity index is 2.20. The molecule has 0 aliphatic carbocycles. The maximum Gasteiger partial charge on any atom is 0.155 e. The van der Waals surface area contributed by atoms with Crippen molar-refractivity contribution >= 4 is 0 Å². The van der Waals surface area contributed by atoms with Crippen LogP contribution in [0.4, 0.5) is 0 Å². The normalized spacial score (nSPS) is 25.2. The van der Waals surface area contributed by atoms with Crippen LogP contribution in [0.15, 0.2) is 54.6 Å². The zero-order valence-corrected chi connectivity index (χ0v) is 11.2. The van der Waals surface area contributed by atoms with Crippen molar-refractivity contribution in [2.24, 2.45) is 5.92 Å². The first-order valence-electron chi connectivity index (χ1n) is 6.68. The van der Waals surface area contributed by atoms with E-state index in [1.807, 2.05) is 54.6 Å². The summed E-state index contributed by atoms with van der Waals surface area (Å²) in [4.78, 5) is 0. The summed E-state index contributed by atoms with van der Waals surface area (Å²) in [7, 11) is 0. The molecule has 0 saturated heterocycles. The molecule has 2 atom stereocenters. The summed E-state index contributed by atoms with van der Waals surface area (Å²) in [6.45, 7) is 4.15. The van der Waals surface area contributed by atoms with E-state index in [1.165, 1.54) is 0 Å². The molecular weight excluding hydrogens is 236 g/mol. The van der Waals surface area contributed by atoms with Gasteiger partial charge in [0.05, 0.1) is 0 Å². The molecule has 2 aromatic rings. The highest BCUT2D eigenvalue weighted by molar-refractivity contribution is 5.49. The maximum absolute atomic E-state index is 11.3. The first-order valence-corrected chi connectivity index (χ1v) is 6.68. The number of hydrogen-bond donors (Lipinski definition) is 1. The van der Waals surface area contributed by atoms with E-state index in [1.54, 1.807) is 0 Å². The third-order valence-electron chi connectivity index (χ3n) is 3.78. The van der Waals surface area contributed by atoms with Crippen LogP contribution in [0.3, 0.4) is 0 Å². The Kier molecular flexibility index (Phi) is 2.83. The fourth-order valence-corrected chi connectivity index (χ4v) is 2.89. The summed E-state index contributed by atoms with van der Waals surface area (Å²) >= 11 is 0. The van der Waals surface area contributed by atoms with E-state index in [0.29, 0.717) is 0 Å². The zero-order valence-electron chi connectivity index (χ0n) is 11.2. The minimum Gasteiger partial charge on any atom is -0.486 e. The minimum absolute atomic E-state index is 0.220. The number of rotatable bonds is 2. The molecular formula is C17H18O2.